The highest BCUT2D eigenvalue weighted by Gasteiger charge is 2.26. The van der Waals surface area contributed by atoms with Gasteiger partial charge in [-0.25, -0.2) is 0 Å². The summed E-state index contributed by atoms with van der Waals surface area (Å²) in [5.74, 6) is 5.39. The highest BCUT2D eigenvalue weighted by Crippen LogP contribution is 2.36. The van der Waals surface area contributed by atoms with E-state index in [9.17, 15) is 0 Å². The molecule has 0 aromatic heterocycles. The summed E-state index contributed by atoms with van der Waals surface area (Å²) in [4.78, 5) is 0. The minimum absolute atomic E-state index is 0.825. The molecule has 0 fully saturated rings. The zero-order valence-electron chi connectivity index (χ0n) is 17.1. The minimum atomic E-state index is 0.825. The van der Waals surface area contributed by atoms with E-state index in [1.807, 2.05) is 0 Å². The Kier molecular flexibility index (Phi) is 12.4. The normalized spacial score (nSPS) is 19.0. The van der Waals surface area contributed by atoms with Crippen LogP contribution in [-0.2, 0) is 0 Å². The van der Waals surface area contributed by atoms with Gasteiger partial charge >= 0.3 is 0 Å². The van der Waals surface area contributed by atoms with Crippen LogP contribution in [0.2, 0.25) is 0 Å². The van der Waals surface area contributed by atoms with Crippen LogP contribution in [0.15, 0.2) is 0 Å². The monoisotopic (exact) mass is 310 g/mol. The van der Waals surface area contributed by atoms with Crippen LogP contribution in [0.25, 0.3) is 0 Å². The molecule has 0 aromatic carbocycles. The molecule has 0 amide bonds. The zero-order chi connectivity index (χ0) is 17.1. The molecule has 5 unspecified atom stereocenters. The van der Waals surface area contributed by atoms with Gasteiger partial charge in [0.1, 0.15) is 0 Å². The van der Waals surface area contributed by atoms with Gasteiger partial charge in [-0.15, -0.1) is 0 Å². The van der Waals surface area contributed by atoms with Gasteiger partial charge in [-0.2, -0.15) is 0 Å². The summed E-state index contributed by atoms with van der Waals surface area (Å²) in [6, 6.07) is 0. The van der Waals surface area contributed by atoms with Crippen molar-refractivity contribution in [3.05, 3.63) is 0 Å². The largest absolute Gasteiger partial charge is 0.0654 e. The molecule has 0 saturated carbocycles. The molecule has 0 nitrogen and oxygen atoms in total. The standard InChI is InChI=1S/C22H46/c1-9-12-13-21(19(7)11-3)16-22(20(8)17(4)5)15-14-18(6)10-2/h17-22H,9-16H2,1-8H3. The summed E-state index contributed by atoms with van der Waals surface area (Å²) in [5.41, 5.74) is 0. The molecular weight excluding hydrogens is 264 g/mol. The summed E-state index contributed by atoms with van der Waals surface area (Å²) in [7, 11) is 0. The SMILES string of the molecule is CCCCC(CC(CCC(C)CC)C(C)C(C)C)C(C)CC. The predicted octanol–water partition coefficient (Wildman–Crippen LogP) is 7.96. The minimum Gasteiger partial charge on any atom is -0.0654 e. The second-order valence-corrected chi connectivity index (χ2v) is 8.48. The van der Waals surface area contributed by atoms with Crippen LogP contribution in [0.3, 0.4) is 0 Å². The summed E-state index contributed by atoms with van der Waals surface area (Å²) >= 11 is 0. The molecule has 0 aliphatic heterocycles. The fourth-order valence-electron chi connectivity index (χ4n) is 3.67. The van der Waals surface area contributed by atoms with E-state index in [-0.39, 0.29) is 0 Å². The van der Waals surface area contributed by atoms with Gasteiger partial charge in [-0.1, -0.05) is 93.9 Å². The number of rotatable bonds is 13. The summed E-state index contributed by atoms with van der Waals surface area (Å²) in [6.07, 6.45) is 11.3. The van der Waals surface area contributed by atoms with Gasteiger partial charge in [-0.05, 0) is 48.3 Å². The quantitative estimate of drug-likeness (QED) is 0.323. The third kappa shape index (κ3) is 8.59. The second-order valence-electron chi connectivity index (χ2n) is 8.48. The summed E-state index contributed by atoms with van der Waals surface area (Å²) < 4.78 is 0. The Balaban J connectivity index is 4.79. The van der Waals surface area contributed by atoms with Crippen LogP contribution >= 0.6 is 0 Å². The van der Waals surface area contributed by atoms with E-state index in [1.165, 1.54) is 51.4 Å². The molecule has 0 N–H and O–H groups in total. The van der Waals surface area contributed by atoms with Gasteiger partial charge in [0.25, 0.3) is 0 Å². The maximum absolute atomic E-state index is 2.51. The van der Waals surface area contributed by atoms with Crippen molar-refractivity contribution in [2.45, 2.75) is 107 Å². The topological polar surface area (TPSA) is 0 Å². The average Bonchev–Trinajstić information content (AvgIpc) is 2.52. The fraction of sp³-hybridized carbons (Fsp3) is 1.00. The summed E-state index contributed by atoms with van der Waals surface area (Å²) in [6.45, 7) is 19.3. The Morgan fingerprint density at radius 3 is 1.77 bits per heavy atom. The molecule has 0 aliphatic rings. The van der Waals surface area contributed by atoms with Crippen LogP contribution in [0.5, 0.6) is 0 Å². The van der Waals surface area contributed by atoms with Gasteiger partial charge in [0.05, 0.1) is 0 Å². The van der Waals surface area contributed by atoms with Crippen molar-refractivity contribution in [1.29, 1.82) is 0 Å². The van der Waals surface area contributed by atoms with Crippen LogP contribution < -0.4 is 0 Å². The van der Waals surface area contributed by atoms with Gasteiger partial charge in [0.2, 0.25) is 0 Å². The Labute approximate surface area is 142 Å². The molecule has 0 radical (unpaired) electrons. The molecule has 0 rings (SSSR count). The van der Waals surface area contributed by atoms with E-state index < -0.39 is 0 Å². The van der Waals surface area contributed by atoms with Crippen LogP contribution in [-0.4, -0.2) is 0 Å². The third-order valence-electron chi connectivity index (χ3n) is 6.50. The Morgan fingerprint density at radius 2 is 1.32 bits per heavy atom. The zero-order valence-corrected chi connectivity index (χ0v) is 17.1. The van der Waals surface area contributed by atoms with Gasteiger partial charge < -0.3 is 0 Å². The highest BCUT2D eigenvalue weighted by molar-refractivity contribution is 4.76. The van der Waals surface area contributed by atoms with Gasteiger partial charge in [0.15, 0.2) is 0 Å². The van der Waals surface area contributed by atoms with E-state index in [0.29, 0.717) is 0 Å². The van der Waals surface area contributed by atoms with Crippen molar-refractivity contribution in [3.63, 3.8) is 0 Å². The lowest BCUT2D eigenvalue weighted by Crippen LogP contribution is -2.24. The van der Waals surface area contributed by atoms with E-state index in [2.05, 4.69) is 55.4 Å². The first kappa shape index (κ1) is 22.0. The van der Waals surface area contributed by atoms with E-state index in [1.54, 1.807) is 0 Å². The van der Waals surface area contributed by atoms with Crippen molar-refractivity contribution in [3.8, 4) is 0 Å². The fourth-order valence-corrected chi connectivity index (χ4v) is 3.67. The molecule has 0 bridgehead atoms. The highest BCUT2D eigenvalue weighted by atomic mass is 14.3. The molecule has 0 saturated heterocycles. The Hall–Kier alpha value is 0. The maximum atomic E-state index is 2.51. The molecule has 0 heteroatoms. The molecule has 0 heterocycles. The first-order valence-corrected chi connectivity index (χ1v) is 10.4. The molecule has 0 aliphatic carbocycles. The van der Waals surface area contributed by atoms with Crippen molar-refractivity contribution >= 4 is 0 Å². The number of hydrogen-bond donors (Lipinski definition) is 0. The Bertz CT molecular complexity index is 242. The van der Waals surface area contributed by atoms with E-state index >= 15 is 0 Å². The van der Waals surface area contributed by atoms with Crippen LogP contribution in [0.4, 0.5) is 0 Å². The molecule has 0 spiro atoms. The maximum Gasteiger partial charge on any atom is -0.0383 e. The second kappa shape index (κ2) is 12.4. The smallest absolute Gasteiger partial charge is 0.0383 e. The van der Waals surface area contributed by atoms with Crippen molar-refractivity contribution < 1.29 is 0 Å². The van der Waals surface area contributed by atoms with Gasteiger partial charge in [-0.3, -0.25) is 0 Å². The molecular formula is C22H46. The molecule has 0 aromatic rings. The predicted molar refractivity (Wildman–Crippen MR) is 103 cm³/mol. The lowest BCUT2D eigenvalue weighted by Gasteiger charge is -2.33. The lowest BCUT2D eigenvalue weighted by molar-refractivity contribution is 0.170. The number of unbranched alkanes of at least 4 members (excludes halogenated alkanes) is 1. The first-order chi connectivity index (χ1) is 10.4. The molecule has 22 heavy (non-hydrogen) atoms. The first-order valence-electron chi connectivity index (χ1n) is 10.4. The van der Waals surface area contributed by atoms with Crippen molar-refractivity contribution in [1.82, 2.24) is 0 Å². The molecule has 134 valence electrons. The molecule has 5 atom stereocenters. The number of hydrogen-bond acceptors (Lipinski definition) is 0. The third-order valence-corrected chi connectivity index (χ3v) is 6.50. The summed E-state index contributed by atoms with van der Waals surface area (Å²) in [5, 5.41) is 0. The average molecular weight is 311 g/mol. The van der Waals surface area contributed by atoms with Gasteiger partial charge in [0, 0.05) is 0 Å². The van der Waals surface area contributed by atoms with Crippen LogP contribution in [0, 0.1) is 35.5 Å². The van der Waals surface area contributed by atoms with E-state index in [0.717, 1.165) is 35.5 Å². The van der Waals surface area contributed by atoms with E-state index in [4.69, 9.17) is 0 Å². The van der Waals surface area contributed by atoms with Crippen molar-refractivity contribution in [2.24, 2.45) is 35.5 Å². The lowest BCUT2D eigenvalue weighted by atomic mass is 9.72. The Morgan fingerprint density at radius 1 is 0.682 bits per heavy atom. The van der Waals surface area contributed by atoms with Crippen molar-refractivity contribution in [2.75, 3.05) is 0 Å². The van der Waals surface area contributed by atoms with Crippen LogP contribution in [0.1, 0.15) is 107 Å².